The predicted molar refractivity (Wildman–Crippen MR) is 183 cm³/mol. The Bertz CT molecular complexity index is 1400. The molecular weight excluding hydrogens is 567 g/mol. The summed E-state index contributed by atoms with van der Waals surface area (Å²) < 4.78 is 1.17. The Morgan fingerprint density at radius 1 is 0.850 bits per heavy atom. The first kappa shape index (κ1) is 30.2. The topological polar surface area (TPSA) is 0 Å². The smallest absolute Gasteiger partial charge is 0.0217 e. The van der Waals surface area contributed by atoms with Gasteiger partial charge in [-0.25, -0.2) is 0 Å². The quantitative estimate of drug-likeness (QED) is 0.167. The van der Waals surface area contributed by atoms with E-state index >= 15 is 0 Å². The van der Waals surface area contributed by atoms with Crippen molar-refractivity contribution in [2.75, 3.05) is 0 Å². The van der Waals surface area contributed by atoms with Crippen LogP contribution in [0.2, 0.25) is 0 Å². The van der Waals surface area contributed by atoms with Gasteiger partial charge in [-0.3, -0.25) is 0 Å². The summed E-state index contributed by atoms with van der Waals surface area (Å²) in [5.41, 5.74) is 7.24. The van der Waals surface area contributed by atoms with E-state index in [-0.39, 0.29) is 5.41 Å². The van der Waals surface area contributed by atoms with Gasteiger partial charge in [-0.15, -0.1) is 0 Å². The van der Waals surface area contributed by atoms with Crippen molar-refractivity contribution in [1.82, 2.24) is 0 Å². The minimum absolute atomic E-state index is 0.278. The molecule has 0 saturated carbocycles. The van der Waals surface area contributed by atoms with Crippen LogP contribution in [0.25, 0.3) is 0 Å². The van der Waals surface area contributed by atoms with Gasteiger partial charge in [0.05, 0.1) is 0 Å². The lowest BCUT2D eigenvalue weighted by molar-refractivity contribution is 0.377. The average Bonchev–Trinajstić information content (AvgIpc) is 2.93. The average molecular weight is 610 g/mol. The molecule has 206 valence electrons. The monoisotopic (exact) mass is 608 g/mol. The molecule has 2 heteroatoms. The van der Waals surface area contributed by atoms with Crippen LogP contribution in [0, 0.1) is 5.41 Å². The Morgan fingerprint density at radius 3 is 2.12 bits per heavy atom. The number of hydrogen-bond donors (Lipinski definition) is 0. The fourth-order valence-corrected chi connectivity index (χ4v) is 8.70. The third kappa shape index (κ3) is 7.93. The molecular formula is C38H42BrP. The molecule has 40 heavy (non-hydrogen) atoms. The van der Waals surface area contributed by atoms with Crippen LogP contribution in [0.5, 0.6) is 0 Å². The summed E-state index contributed by atoms with van der Waals surface area (Å²) >= 11 is 3.89. The standard InChI is InChI=1S/C38H42BrP/c1-29(15-12-16-30(2)25-27-35-31(3)17-14-28-38(35,4)5)24-26-34-36(39)22-13-23-37(34)40(32-18-8-6-9-19-32)33-20-10-7-11-21-33/h6-13,15-16,18-25,27H,14,17,26,28H2,1-5H3/b15-12+,27-25+,29-24+,30-16+. The zero-order chi connectivity index (χ0) is 28.5. The van der Waals surface area contributed by atoms with E-state index in [0.717, 1.165) is 6.42 Å². The minimum atomic E-state index is -0.652. The summed E-state index contributed by atoms with van der Waals surface area (Å²) in [5, 5.41) is 4.16. The van der Waals surface area contributed by atoms with E-state index in [1.54, 1.807) is 5.57 Å². The van der Waals surface area contributed by atoms with E-state index in [2.05, 4.69) is 166 Å². The molecule has 0 amide bonds. The molecule has 1 aliphatic carbocycles. The molecule has 3 aromatic carbocycles. The fraction of sp³-hybridized carbons (Fsp3) is 0.263. The second-order valence-corrected chi connectivity index (χ2v) is 14.5. The number of hydrogen-bond acceptors (Lipinski definition) is 0. The van der Waals surface area contributed by atoms with Gasteiger partial charge in [-0.1, -0.05) is 156 Å². The second-order valence-electron chi connectivity index (χ2n) is 11.4. The fourth-order valence-electron chi connectivity index (χ4n) is 5.50. The highest BCUT2D eigenvalue weighted by Gasteiger charge is 2.26. The van der Waals surface area contributed by atoms with Gasteiger partial charge in [0.15, 0.2) is 0 Å². The predicted octanol–water partition coefficient (Wildman–Crippen LogP) is 10.3. The van der Waals surface area contributed by atoms with Gasteiger partial charge in [0.25, 0.3) is 0 Å². The van der Waals surface area contributed by atoms with E-state index in [1.807, 2.05) is 0 Å². The van der Waals surface area contributed by atoms with Gasteiger partial charge in [0.2, 0.25) is 0 Å². The van der Waals surface area contributed by atoms with Gasteiger partial charge < -0.3 is 0 Å². The first-order chi connectivity index (χ1) is 19.3. The Kier molecular flexibility index (Phi) is 10.8. The molecule has 0 heterocycles. The molecule has 0 nitrogen and oxygen atoms in total. The first-order valence-corrected chi connectivity index (χ1v) is 16.5. The van der Waals surface area contributed by atoms with Crippen LogP contribution < -0.4 is 15.9 Å². The zero-order valence-electron chi connectivity index (χ0n) is 24.6. The van der Waals surface area contributed by atoms with E-state index in [9.17, 15) is 0 Å². The van der Waals surface area contributed by atoms with Crippen molar-refractivity contribution in [2.45, 2.75) is 60.3 Å². The number of rotatable bonds is 9. The highest BCUT2D eigenvalue weighted by molar-refractivity contribution is 9.10. The molecule has 0 bridgehead atoms. The summed E-state index contributed by atoms with van der Waals surface area (Å²) in [5.74, 6) is 0. The van der Waals surface area contributed by atoms with Crippen LogP contribution >= 0.6 is 23.9 Å². The first-order valence-electron chi connectivity index (χ1n) is 14.3. The molecule has 4 rings (SSSR count). The van der Waals surface area contributed by atoms with E-state index in [0.29, 0.717) is 0 Å². The lowest BCUT2D eigenvalue weighted by Gasteiger charge is -2.32. The van der Waals surface area contributed by atoms with Gasteiger partial charge >= 0.3 is 0 Å². The lowest BCUT2D eigenvalue weighted by Crippen LogP contribution is -2.23. The Labute approximate surface area is 252 Å². The SMILES string of the molecule is CC1=C(/C=C/C(C)=C/C=C/C(C)=C/Cc2c(Br)cccc2P(c2ccccc2)c2ccccc2)C(C)(C)CCC1. The van der Waals surface area contributed by atoms with Crippen LogP contribution in [0.3, 0.4) is 0 Å². The third-order valence-corrected chi connectivity index (χ3v) is 11.0. The number of halogens is 1. The van der Waals surface area contributed by atoms with E-state index in [1.165, 1.54) is 61.9 Å². The van der Waals surface area contributed by atoms with Crippen molar-refractivity contribution < 1.29 is 0 Å². The number of allylic oxidation sites excluding steroid dienone is 10. The highest BCUT2D eigenvalue weighted by Crippen LogP contribution is 2.41. The van der Waals surface area contributed by atoms with Crippen LogP contribution in [-0.2, 0) is 6.42 Å². The van der Waals surface area contributed by atoms with Crippen molar-refractivity contribution in [1.29, 1.82) is 0 Å². The molecule has 0 spiro atoms. The molecule has 0 fully saturated rings. The maximum absolute atomic E-state index is 3.89. The van der Waals surface area contributed by atoms with Gasteiger partial charge in [-0.05, 0) is 92.9 Å². The minimum Gasteiger partial charge on any atom is -0.0771 e. The maximum atomic E-state index is 3.89. The van der Waals surface area contributed by atoms with Crippen molar-refractivity contribution in [2.24, 2.45) is 5.41 Å². The van der Waals surface area contributed by atoms with E-state index in [4.69, 9.17) is 0 Å². The Morgan fingerprint density at radius 2 is 1.50 bits per heavy atom. The van der Waals surface area contributed by atoms with Crippen molar-refractivity contribution in [3.8, 4) is 0 Å². The van der Waals surface area contributed by atoms with Crippen LogP contribution in [0.1, 0.15) is 59.4 Å². The normalized spacial score (nSPS) is 16.5. The Balaban J connectivity index is 1.54. The van der Waals surface area contributed by atoms with Crippen LogP contribution in [0.4, 0.5) is 0 Å². The van der Waals surface area contributed by atoms with Gasteiger partial charge in [-0.2, -0.15) is 0 Å². The van der Waals surface area contributed by atoms with Crippen molar-refractivity contribution in [3.05, 3.63) is 148 Å². The molecule has 0 aliphatic heterocycles. The summed E-state index contributed by atoms with van der Waals surface area (Å²) in [6.45, 7) is 11.4. The largest absolute Gasteiger partial charge is 0.0771 e. The summed E-state index contributed by atoms with van der Waals surface area (Å²) in [6, 6.07) is 28.5. The molecule has 0 radical (unpaired) electrons. The molecule has 0 atom stereocenters. The number of benzene rings is 3. The van der Waals surface area contributed by atoms with E-state index < -0.39 is 7.92 Å². The third-order valence-electron chi connectivity index (χ3n) is 7.77. The molecule has 0 unspecified atom stereocenters. The van der Waals surface area contributed by atoms with Crippen molar-refractivity contribution >= 4 is 39.8 Å². The van der Waals surface area contributed by atoms with Crippen LogP contribution in [-0.4, -0.2) is 0 Å². The van der Waals surface area contributed by atoms with Crippen LogP contribution in [0.15, 0.2) is 142 Å². The molecule has 3 aromatic rings. The van der Waals surface area contributed by atoms with Gasteiger partial charge in [0.1, 0.15) is 0 Å². The zero-order valence-corrected chi connectivity index (χ0v) is 27.1. The molecule has 1 aliphatic rings. The maximum Gasteiger partial charge on any atom is 0.0217 e. The molecule has 0 N–H and O–H groups in total. The lowest BCUT2D eigenvalue weighted by atomic mass is 9.72. The molecule has 0 saturated heterocycles. The van der Waals surface area contributed by atoms with Crippen molar-refractivity contribution in [3.63, 3.8) is 0 Å². The highest BCUT2D eigenvalue weighted by atomic mass is 79.9. The summed E-state index contributed by atoms with van der Waals surface area (Å²) in [7, 11) is -0.652. The second kappa shape index (κ2) is 14.2. The van der Waals surface area contributed by atoms with Gasteiger partial charge in [0, 0.05) is 4.47 Å². The molecule has 0 aromatic heterocycles. The Hall–Kier alpha value is -2.73. The summed E-state index contributed by atoms with van der Waals surface area (Å²) in [6.07, 6.45) is 18.3. The summed E-state index contributed by atoms with van der Waals surface area (Å²) in [4.78, 5) is 0.